The van der Waals surface area contributed by atoms with E-state index in [9.17, 15) is 0 Å². The van der Waals surface area contributed by atoms with Crippen LogP contribution in [0.25, 0.3) is 0 Å². The number of hydrogen-bond donors (Lipinski definition) is 1. The third-order valence-electron chi connectivity index (χ3n) is 2.50. The molecule has 0 bridgehead atoms. The zero-order valence-electron chi connectivity index (χ0n) is 9.03. The highest BCUT2D eigenvalue weighted by atomic mass is 15.0. The van der Waals surface area contributed by atoms with E-state index in [1.54, 1.807) is 0 Å². The second kappa shape index (κ2) is 5.60. The molecule has 0 amide bonds. The summed E-state index contributed by atoms with van der Waals surface area (Å²) in [7, 11) is 4.02. The minimum absolute atomic E-state index is 0.518. The predicted octanol–water partition coefficient (Wildman–Crippen LogP) is 1.52. The van der Waals surface area contributed by atoms with Crippen molar-refractivity contribution in [2.75, 3.05) is 7.05 Å². The average molecular weight is 193 g/mol. The van der Waals surface area contributed by atoms with E-state index in [0.29, 0.717) is 6.04 Å². The summed E-state index contributed by atoms with van der Waals surface area (Å²) in [6, 6.07) is 0.518. The summed E-state index contributed by atoms with van der Waals surface area (Å²) in [5, 5.41) is 3.28. The summed E-state index contributed by atoms with van der Waals surface area (Å²) in [6.07, 6.45) is 8.92. The van der Waals surface area contributed by atoms with Crippen LogP contribution >= 0.6 is 0 Å². The van der Waals surface area contributed by atoms with Crippen molar-refractivity contribution in [2.24, 2.45) is 7.05 Å². The molecule has 3 heteroatoms. The molecule has 0 aromatic carbocycles. The maximum atomic E-state index is 4.29. The van der Waals surface area contributed by atoms with Crippen molar-refractivity contribution >= 4 is 0 Å². The fourth-order valence-corrected chi connectivity index (χ4v) is 1.52. The van der Waals surface area contributed by atoms with Crippen molar-refractivity contribution < 1.29 is 0 Å². The van der Waals surface area contributed by atoms with E-state index in [1.807, 2.05) is 32.6 Å². The summed E-state index contributed by atoms with van der Waals surface area (Å²) >= 11 is 0. The molecule has 0 saturated carbocycles. The first-order valence-corrected chi connectivity index (χ1v) is 5.02. The Labute approximate surface area is 85.8 Å². The molecule has 1 aromatic heterocycles. The number of nitrogens with one attached hydrogen (secondary N) is 1. The molecule has 0 spiro atoms. The fourth-order valence-electron chi connectivity index (χ4n) is 1.52. The number of aryl methyl sites for hydroxylation is 2. The lowest BCUT2D eigenvalue weighted by Gasteiger charge is -2.13. The normalized spacial score (nSPS) is 12.7. The van der Waals surface area contributed by atoms with Crippen molar-refractivity contribution in [3.05, 3.63) is 30.9 Å². The van der Waals surface area contributed by atoms with Gasteiger partial charge in [0.15, 0.2) is 0 Å². The van der Waals surface area contributed by atoms with Crippen molar-refractivity contribution in [3.63, 3.8) is 0 Å². The molecule has 0 saturated heterocycles. The van der Waals surface area contributed by atoms with Gasteiger partial charge in [0, 0.05) is 31.9 Å². The number of aromatic nitrogens is 2. The molecule has 3 nitrogen and oxygen atoms in total. The average Bonchev–Trinajstić information content (AvgIpc) is 2.59. The van der Waals surface area contributed by atoms with Crippen LogP contribution in [0.5, 0.6) is 0 Å². The molecule has 1 unspecified atom stereocenters. The van der Waals surface area contributed by atoms with Crippen LogP contribution in [0.1, 0.15) is 18.7 Å². The molecule has 0 radical (unpaired) electrons. The monoisotopic (exact) mass is 193 g/mol. The van der Waals surface area contributed by atoms with Crippen LogP contribution in [0.15, 0.2) is 25.0 Å². The van der Waals surface area contributed by atoms with Gasteiger partial charge in [-0.25, -0.2) is 4.98 Å². The van der Waals surface area contributed by atoms with E-state index < -0.39 is 0 Å². The van der Waals surface area contributed by atoms with Gasteiger partial charge in [-0.05, 0) is 19.9 Å². The van der Waals surface area contributed by atoms with Crippen LogP contribution in [0.2, 0.25) is 0 Å². The molecule has 1 aromatic rings. The second-order valence-corrected chi connectivity index (χ2v) is 3.50. The first kappa shape index (κ1) is 11.0. The first-order valence-electron chi connectivity index (χ1n) is 5.02. The minimum Gasteiger partial charge on any atom is -0.338 e. The first-order chi connectivity index (χ1) is 6.77. The maximum Gasteiger partial charge on any atom is 0.108 e. The number of rotatable bonds is 6. The van der Waals surface area contributed by atoms with Gasteiger partial charge >= 0.3 is 0 Å². The third-order valence-corrected chi connectivity index (χ3v) is 2.50. The highest BCUT2D eigenvalue weighted by Crippen LogP contribution is 2.05. The van der Waals surface area contributed by atoms with Gasteiger partial charge in [0.05, 0.1) is 0 Å². The van der Waals surface area contributed by atoms with Crippen molar-refractivity contribution in [1.82, 2.24) is 14.9 Å². The third kappa shape index (κ3) is 3.00. The minimum atomic E-state index is 0.518. The summed E-state index contributed by atoms with van der Waals surface area (Å²) in [4.78, 5) is 4.29. The Morgan fingerprint density at radius 3 is 3.00 bits per heavy atom. The molecule has 1 N–H and O–H groups in total. The van der Waals surface area contributed by atoms with E-state index in [2.05, 4.69) is 21.4 Å². The van der Waals surface area contributed by atoms with E-state index in [0.717, 1.165) is 25.1 Å². The summed E-state index contributed by atoms with van der Waals surface area (Å²) in [5.41, 5.74) is 0. The molecule has 1 atom stereocenters. The molecule has 78 valence electrons. The lowest BCUT2D eigenvalue weighted by molar-refractivity contribution is 0.517. The van der Waals surface area contributed by atoms with Gasteiger partial charge in [-0.3, -0.25) is 0 Å². The molecule has 0 aliphatic rings. The standard InChI is InChI=1S/C11H19N3/c1-4-5-10(12-2)6-7-11-13-8-9-14(11)3/h4,8-10,12H,1,5-7H2,2-3H3. The Morgan fingerprint density at radius 1 is 1.71 bits per heavy atom. The maximum absolute atomic E-state index is 4.29. The quantitative estimate of drug-likeness (QED) is 0.694. The van der Waals surface area contributed by atoms with Gasteiger partial charge in [0.2, 0.25) is 0 Å². The highest BCUT2D eigenvalue weighted by Gasteiger charge is 2.06. The Morgan fingerprint density at radius 2 is 2.50 bits per heavy atom. The molecule has 1 rings (SSSR count). The van der Waals surface area contributed by atoms with Gasteiger partial charge < -0.3 is 9.88 Å². The summed E-state index contributed by atoms with van der Waals surface area (Å²) in [6.45, 7) is 3.75. The summed E-state index contributed by atoms with van der Waals surface area (Å²) < 4.78 is 2.07. The van der Waals surface area contributed by atoms with Crippen LogP contribution in [0.4, 0.5) is 0 Å². The molecule has 0 aliphatic heterocycles. The lowest BCUT2D eigenvalue weighted by Crippen LogP contribution is -2.25. The molecule has 0 aliphatic carbocycles. The zero-order chi connectivity index (χ0) is 10.4. The second-order valence-electron chi connectivity index (χ2n) is 3.50. The van der Waals surface area contributed by atoms with E-state index in [1.165, 1.54) is 0 Å². The van der Waals surface area contributed by atoms with Crippen LogP contribution in [-0.4, -0.2) is 22.6 Å². The molecule has 0 fully saturated rings. The number of nitrogens with zero attached hydrogens (tertiary/aromatic N) is 2. The van der Waals surface area contributed by atoms with Gasteiger partial charge in [0.1, 0.15) is 5.82 Å². The van der Waals surface area contributed by atoms with Gasteiger partial charge in [-0.1, -0.05) is 6.08 Å². The Balaban J connectivity index is 2.39. The number of hydrogen-bond acceptors (Lipinski definition) is 2. The van der Waals surface area contributed by atoms with Crippen molar-refractivity contribution in [2.45, 2.75) is 25.3 Å². The fraction of sp³-hybridized carbons (Fsp3) is 0.545. The largest absolute Gasteiger partial charge is 0.338 e. The Kier molecular flexibility index (Phi) is 4.40. The van der Waals surface area contributed by atoms with Gasteiger partial charge in [-0.2, -0.15) is 0 Å². The molecule has 14 heavy (non-hydrogen) atoms. The summed E-state index contributed by atoms with van der Waals surface area (Å²) in [5.74, 6) is 1.15. The lowest BCUT2D eigenvalue weighted by atomic mass is 10.1. The molecule has 1 heterocycles. The van der Waals surface area contributed by atoms with Crippen LogP contribution in [0, 0.1) is 0 Å². The highest BCUT2D eigenvalue weighted by molar-refractivity contribution is 4.92. The van der Waals surface area contributed by atoms with E-state index in [4.69, 9.17) is 0 Å². The van der Waals surface area contributed by atoms with Crippen LogP contribution in [-0.2, 0) is 13.5 Å². The Hall–Kier alpha value is -1.09. The van der Waals surface area contributed by atoms with Crippen LogP contribution < -0.4 is 5.32 Å². The Bertz CT molecular complexity index is 278. The molecular weight excluding hydrogens is 174 g/mol. The predicted molar refractivity (Wildman–Crippen MR) is 59.2 cm³/mol. The zero-order valence-corrected chi connectivity index (χ0v) is 9.03. The van der Waals surface area contributed by atoms with Gasteiger partial charge in [-0.15, -0.1) is 6.58 Å². The number of imidazole rings is 1. The topological polar surface area (TPSA) is 29.9 Å². The van der Waals surface area contributed by atoms with Crippen molar-refractivity contribution in [1.29, 1.82) is 0 Å². The molecular formula is C11H19N3. The van der Waals surface area contributed by atoms with Crippen LogP contribution in [0.3, 0.4) is 0 Å². The SMILES string of the molecule is C=CCC(CCc1nccn1C)NC. The van der Waals surface area contributed by atoms with E-state index >= 15 is 0 Å². The van der Waals surface area contributed by atoms with Gasteiger partial charge in [0.25, 0.3) is 0 Å². The smallest absolute Gasteiger partial charge is 0.108 e. The van der Waals surface area contributed by atoms with Crippen molar-refractivity contribution in [3.8, 4) is 0 Å². The van der Waals surface area contributed by atoms with E-state index in [-0.39, 0.29) is 0 Å².